The summed E-state index contributed by atoms with van der Waals surface area (Å²) in [6.45, 7) is 5.05. The SMILES string of the molecule is Cc1ccc(S(=O)(=O)NC2CC2)cc1C(=O)NC(C(=O)O)C(C)C. The number of hydrogen-bond acceptors (Lipinski definition) is 4. The number of carbonyl (C=O) groups excluding carboxylic acids is 1. The van der Waals surface area contributed by atoms with Crippen molar-refractivity contribution >= 4 is 21.9 Å². The van der Waals surface area contributed by atoms with E-state index >= 15 is 0 Å². The number of amides is 1. The largest absolute Gasteiger partial charge is 0.480 e. The molecule has 0 aliphatic heterocycles. The third-order valence-electron chi connectivity index (χ3n) is 3.88. The molecule has 1 aromatic rings. The minimum atomic E-state index is -3.68. The standard InChI is InChI=1S/C16H22N2O5S/c1-9(2)14(16(20)21)17-15(19)13-8-12(7-4-10(13)3)24(22,23)18-11-5-6-11/h4,7-9,11,14,18H,5-6H2,1-3H3,(H,17,19)(H,20,21). The van der Waals surface area contributed by atoms with Gasteiger partial charge in [-0.25, -0.2) is 17.9 Å². The molecule has 1 amide bonds. The fraction of sp³-hybridized carbons (Fsp3) is 0.500. The summed E-state index contributed by atoms with van der Waals surface area (Å²) in [5.41, 5.74) is 0.728. The van der Waals surface area contributed by atoms with Gasteiger partial charge in [-0.2, -0.15) is 0 Å². The molecule has 1 aliphatic carbocycles. The molecule has 1 atom stereocenters. The van der Waals surface area contributed by atoms with Crippen LogP contribution in [0.2, 0.25) is 0 Å². The number of carboxylic acids is 1. The van der Waals surface area contributed by atoms with Crippen molar-refractivity contribution in [2.75, 3.05) is 0 Å². The Balaban J connectivity index is 2.27. The summed E-state index contributed by atoms with van der Waals surface area (Å²) in [5, 5.41) is 11.6. The number of rotatable bonds is 7. The molecule has 0 bridgehead atoms. The molecule has 132 valence electrons. The molecule has 24 heavy (non-hydrogen) atoms. The summed E-state index contributed by atoms with van der Waals surface area (Å²) in [7, 11) is -3.68. The Kier molecular flexibility index (Phi) is 5.29. The number of nitrogens with one attached hydrogen (secondary N) is 2. The molecule has 3 N–H and O–H groups in total. The predicted molar refractivity (Wildman–Crippen MR) is 88.3 cm³/mol. The van der Waals surface area contributed by atoms with Crippen molar-refractivity contribution < 1.29 is 23.1 Å². The predicted octanol–water partition coefficient (Wildman–Crippen LogP) is 1.27. The number of carboxylic acid groups (broad SMARTS) is 1. The van der Waals surface area contributed by atoms with Gasteiger partial charge < -0.3 is 10.4 Å². The minimum Gasteiger partial charge on any atom is -0.480 e. The van der Waals surface area contributed by atoms with Crippen LogP contribution in [0.4, 0.5) is 0 Å². The fourth-order valence-corrected chi connectivity index (χ4v) is 3.56. The van der Waals surface area contributed by atoms with E-state index in [-0.39, 0.29) is 22.4 Å². The molecule has 8 heteroatoms. The second kappa shape index (κ2) is 6.90. The molecule has 7 nitrogen and oxygen atoms in total. The molecule has 1 saturated carbocycles. The molecule has 2 rings (SSSR count). The number of aryl methyl sites for hydroxylation is 1. The first kappa shape index (κ1) is 18.4. The molecule has 0 aromatic heterocycles. The van der Waals surface area contributed by atoms with Gasteiger partial charge in [0.25, 0.3) is 5.91 Å². The maximum Gasteiger partial charge on any atom is 0.326 e. The number of aliphatic carboxylic acids is 1. The zero-order valence-corrected chi connectivity index (χ0v) is 14.7. The van der Waals surface area contributed by atoms with Crippen LogP contribution in [-0.4, -0.2) is 37.5 Å². The maximum atomic E-state index is 12.4. The lowest BCUT2D eigenvalue weighted by Gasteiger charge is -2.19. The fourth-order valence-electron chi connectivity index (χ4n) is 2.23. The molecule has 0 saturated heterocycles. The number of sulfonamides is 1. The lowest BCUT2D eigenvalue weighted by Crippen LogP contribution is -2.44. The highest BCUT2D eigenvalue weighted by Crippen LogP contribution is 2.23. The van der Waals surface area contributed by atoms with E-state index in [0.29, 0.717) is 5.56 Å². The van der Waals surface area contributed by atoms with Crippen molar-refractivity contribution in [2.45, 2.75) is 50.6 Å². The Morgan fingerprint density at radius 3 is 2.38 bits per heavy atom. The first-order valence-electron chi connectivity index (χ1n) is 7.78. The van der Waals surface area contributed by atoms with Crippen LogP contribution in [0.15, 0.2) is 23.1 Å². The Morgan fingerprint density at radius 2 is 1.88 bits per heavy atom. The number of hydrogen-bond donors (Lipinski definition) is 3. The monoisotopic (exact) mass is 354 g/mol. The van der Waals surface area contributed by atoms with E-state index in [1.165, 1.54) is 12.1 Å². The molecule has 1 aromatic carbocycles. The van der Waals surface area contributed by atoms with Gasteiger partial charge in [-0.05, 0) is 43.4 Å². The lowest BCUT2D eigenvalue weighted by molar-refractivity contribution is -0.140. The first-order valence-corrected chi connectivity index (χ1v) is 9.27. The van der Waals surface area contributed by atoms with Crippen LogP contribution in [0, 0.1) is 12.8 Å². The summed E-state index contributed by atoms with van der Waals surface area (Å²) in [4.78, 5) is 23.6. The van der Waals surface area contributed by atoms with Crippen LogP contribution < -0.4 is 10.0 Å². The topological polar surface area (TPSA) is 113 Å². The van der Waals surface area contributed by atoms with Gasteiger partial charge in [0.05, 0.1) is 4.90 Å². The van der Waals surface area contributed by atoms with Gasteiger partial charge in [0.15, 0.2) is 0 Å². The number of carbonyl (C=O) groups is 2. The smallest absolute Gasteiger partial charge is 0.326 e. The van der Waals surface area contributed by atoms with E-state index in [1.54, 1.807) is 26.8 Å². The van der Waals surface area contributed by atoms with Gasteiger partial charge in [-0.3, -0.25) is 4.79 Å². The summed E-state index contributed by atoms with van der Waals surface area (Å²) in [5.74, 6) is -2.03. The highest BCUT2D eigenvalue weighted by molar-refractivity contribution is 7.89. The van der Waals surface area contributed by atoms with E-state index in [9.17, 15) is 23.1 Å². The van der Waals surface area contributed by atoms with Crippen molar-refractivity contribution in [2.24, 2.45) is 5.92 Å². The van der Waals surface area contributed by atoms with Gasteiger partial charge in [0.2, 0.25) is 10.0 Å². The lowest BCUT2D eigenvalue weighted by atomic mass is 10.0. The van der Waals surface area contributed by atoms with Crippen LogP contribution in [-0.2, 0) is 14.8 Å². The van der Waals surface area contributed by atoms with Crippen LogP contribution >= 0.6 is 0 Å². The maximum absolute atomic E-state index is 12.4. The van der Waals surface area contributed by atoms with Crippen LogP contribution in [0.25, 0.3) is 0 Å². The molecule has 1 fully saturated rings. The summed E-state index contributed by atoms with van der Waals surface area (Å²) >= 11 is 0. The zero-order valence-electron chi connectivity index (χ0n) is 13.9. The van der Waals surface area contributed by atoms with Crippen LogP contribution in [0.1, 0.15) is 42.6 Å². The van der Waals surface area contributed by atoms with Gasteiger partial charge in [0, 0.05) is 11.6 Å². The third kappa shape index (κ3) is 4.33. The summed E-state index contributed by atoms with van der Waals surface area (Å²) in [6, 6.07) is 3.19. The van der Waals surface area contributed by atoms with Gasteiger partial charge >= 0.3 is 5.97 Å². The van der Waals surface area contributed by atoms with Crippen molar-refractivity contribution in [1.29, 1.82) is 0 Å². The molecular formula is C16H22N2O5S. The Hall–Kier alpha value is -1.93. The average Bonchev–Trinajstić information content (AvgIpc) is 3.27. The van der Waals surface area contributed by atoms with Crippen molar-refractivity contribution in [3.8, 4) is 0 Å². The molecule has 0 spiro atoms. The second-order valence-corrected chi connectivity index (χ2v) is 8.12. The van der Waals surface area contributed by atoms with E-state index in [4.69, 9.17) is 0 Å². The van der Waals surface area contributed by atoms with Gasteiger partial charge in [-0.15, -0.1) is 0 Å². The summed E-state index contributed by atoms with van der Waals surface area (Å²) < 4.78 is 27.1. The van der Waals surface area contributed by atoms with E-state index < -0.39 is 27.9 Å². The normalized spacial score (nSPS) is 16.0. The van der Waals surface area contributed by atoms with Gasteiger partial charge in [-0.1, -0.05) is 19.9 Å². The number of benzene rings is 1. The van der Waals surface area contributed by atoms with Crippen LogP contribution in [0.5, 0.6) is 0 Å². The van der Waals surface area contributed by atoms with E-state index in [2.05, 4.69) is 10.0 Å². The average molecular weight is 354 g/mol. The third-order valence-corrected chi connectivity index (χ3v) is 5.40. The van der Waals surface area contributed by atoms with Crippen molar-refractivity contribution in [3.05, 3.63) is 29.3 Å². The first-order chi connectivity index (χ1) is 11.1. The Morgan fingerprint density at radius 1 is 1.25 bits per heavy atom. The molecule has 0 radical (unpaired) electrons. The minimum absolute atomic E-state index is 0.00146. The quantitative estimate of drug-likeness (QED) is 0.683. The molecular weight excluding hydrogens is 332 g/mol. The summed E-state index contributed by atoms with van der Waals surface area (Å²) in [6.07, 6.45) is 1.63. The molecule has 1 aliphatic rings. The van der Waals surface area contributed by atoms with Crippen LogP contribution in [0.3, 0.4) is 0 Å². The Bertz CT molecular complexity index is 754. The van der Waals surface area contributed by atoms with E-state index in [1.807, 2.05) is 0 Å². The highest BCUT2D eigenvalue weighted by Gasteiger charge is 2.29. The molecule has 0 heterocycles. The van der Waals surface area contributed by atoms with Gasteiger partial charge in [0.1, 0.15) is 6.04 Å². The molecule has 1 unspecified atom stereocenters. The van der Waals surface area contributed by atoms with Crippen molar-refractivity contribution in [1.82, 2.24) is 10.0 Å². The van der Waals surface area contributed by atoms with Crippen molar-refractivity contribution in [3.63, 3.8) is 0 Å². The second-order valence-electron chi connectivity index (χ2n) is 6.41. The highest BCUT2D eigenvalue weighted by atomic mass is 32.2. The van der Waals surface area contributed by atoms with E-state index in [0.717, 1.165) is 12.8 Å². The Labute approximate surface area is 141 Å². The zero-order chi connectivity index (χ0) is 18.1.